The van der Waals surface area contributed by atoms with Gasteiger partial charge in [0.25, 0.3) is 0 Å². The predicted octanol–water partition coefficient (Wildman–Crippen LogP) is 19.4. The van der Waals surface area contributed by atoms with Crippen molar-refractivity contribution < 1.29 is 157 Å². The number of carbonyl (C=O) groups is 10. The van der Waals surface area contributed by atoms with Gasteiger partial charge in [0.15, 0.2) is 0 Å². The van der Waals surface area contributed by atoms with Crippen LogP contribution in [0, 0.1) is 59.6 Å². The Morgan fingerprint density at radius 1 is 0.201 bits per heavy atom. The van der Waals surface area contributed by atoms with Gasteiger partial charge >= 0.3 is 59.7 Å². The highest BCUT2D eigenvalue weighted by atomic mass is 16.6. The smallest absolute Gasteiger partial charge is 0.305 e. The van der Waals surface area contributed by atoms with Gasteiger partial charge in [-0.3, -0.25) is 47.9 Å². The molecule has 0 bridgehead atoms. The van der Waals surface area contributed by atoms with Crippen molar-refractivity contribution in [1.82, 2.24) is 0 Å². The molecule has 11 rings (SSSR count). The van der Waals surface area contributed by atoms with Gasteiger partial charge in [-0.05, 0) is 77.0 Å². The highest BCUT2D eigenvalue weighted by molar-refractivity contribution is 5.72. The van der Waals surface area contributed by atoms with Gasteiger partial charge in [-0.15, -0.1) is 0 Å². The van der Waals surface area contributed by atoms with Gasteiger partial charge in [-0.1, -0.05) is 215 Å². The average Bonchev–Trinajstić information content (AvgIpc) is 0.823. The summed E-state index contributed by atoms with van der Waals surface area (Å²) >= 11 is 0. The number of hydrogen-bond donors (Lipinski definition) is 0. The SMILES string of the molecule is CC(=O)OCC1(C)COC1.CCC(=O)OCC1(C)COC1.CCC(=O)OCC1(CC)COC1.CCC1(COC(C)=O)COC1.CCC1(COCCCCCCCOC)COC1.CCCC(=O)OCC1(C)COC1.CCCC(=O)OCC1(CC)COC1.CCCCC(=O)OCC1(C)COC1.CCCCCC(=O)OCC1(C)COC1.CCCCCCC(=O)OCC1(C)COC1.CCCCCCCC(=O)OCC1(C)COC1. The zero-order valence-electron chi connectivity index (χ0n) is 94.1. The van der Waals surface area contributed by atoms with Crippen LogP contribution in [0.1, 0.15) is 357 Å². The van der Waals surface area contributed by atoms with Crippen molar-refractivity contribution in [3.05, 3.63) is 0 Å². The number of hydrogen-bond acceptors (Lipinski definition) is 33. The van der Waals surface area contributed by atoms with Crippen molar-refractivity contribution in [2.45, 2.75) is 357 Å². The second kappa shape index (κ2) is 77.5. The minimum Gasteiger partial charge on any atom is -0.465 e. The van der Waals surface area contributed by atoms with Crippen LogP contribution in [0.4, 0.5) is 0 Å². The van der Waals surface area contributed by atoms with Crippen LogP contribution in [0.3, 0.4) is 0 Å². The first-order valence-corrected chi connectivity index (χ1v) is 54.5. The van der Waals surface area contributed by atoms with E-state index in [1.54, 1.807) is 21.0 Å². The zero-order chi connectivity index (χ0) is 108. The third-order valence-electron chi connectivity index (χ3n) is 26.3. The molecule has 33 heteroatoms. The summed E-state index contributed by atoms with van der Waals surface area (Å²) in [5.41, 5.74) is 1.33. The van der Waals surface area contributed by atoms with Gasteiger partial charge in [0, 0.05) is 129 Å². The minimum absolute atomic E-state index is 0.0513. The molecule has 144 heavy (non-hydrogen) atoms. The molecule has 0 aliphatic carbocycles. The molecule has 0 atom stereocenters. The van der Waals surface area contributed by atoms with E-state index in [-0.39, 0.29) is 114 Å². The maximum atomic E-state index is 11.4. The summed E-state index contributed by atoms with van der Waals surface area (Å²) in [6, 6.07) is 0. The van der Waals surface area contributed by atoms with Crippen LogP contribution in [-0.4, -0.2) is 298 Å². The number of methoxy groups -OCH3 is 1. The molecule has 0 amide bonds. The van der Waals surface area contributed by atoms with E-state index in [9.17, 15) is 47.9 Å². The Kier molecular flexibility index (Phi) is 73.3. The fourth-order valence-electron chi connectivity index (χ4n) is 14.1. The molecule has 0 radical (unpaired) electrons. The lowest BCUT2D eigenvalue weighted by atomic mass is 9.84. The molecule has 0 aromatic rings. The maximum Gasteiger partial charge on any atom is 0.305 e. The summed E-state index contributed by atoms with van der Waals surface area (Å²) in [6.07, 6.45) is 31.9. The summed E-state index contributed by atoms with van der Waals surface area (Å²) in [4.78, 5) is 110. The van der Waals surface area contributed by atoms with E-state index in [1.807, 2.05) is 20.8 Å². The van der Waals surface area contributed by atoms with E-state index in [2.05, 4.69) is 96.9 Å². The van der Waals surface area contributed by atoms with Crippen molar-refractivity contribution in [1.29, 1.82) is 0 Å². The first-order chi connectivity index (χ1) is 68.6. The van der Waals surface area contributed by atoms with Crippen molar-refractivity contribution in [2.75, 3.05) is 238 Å². The topological polar surface area (TPSA) is 383 Å². The summed E-state index contributed by atoms with van der Waals surface area (Å²) < 4.78 is 118. The number of carbonyl (C=O) groups excluding carboxylic acids is 10. The largest absolute Gasteiger partial charge is 0.465 e. The molecule has 0 aromatic carbocycles. The number of esters is 10. The second-order valence-corrected chi connectivity index (χ2v) is 43.9. The van der Waals surface area contributed by atoms with Gasteiger partial charge < -0.3 is 109 Å². The van der Waals surface area contributed by atoms with Gasteiger partial charge in [-0.25, -0.2) is 0 Å². The van der Waals surface area contributed by atoms with E-state index >= 15 is 0 Å². The third-order valence-corrected chi connectivity index (χ3v) is 26.3. The Hall–Kier alpha value is -5.82. The van der Waals surface area contributed by atoms with Crippen LogP contribution in [0.5, 0.6) is 0 Å². The van der Waals surface area contributed by atoms with Gasteiger partial charge in [0.1, 0.15) is 66.1 Å². The molecule has 11 heterocycles. The van der Waals surface area contributed by atoms with E-state index in [0.717, 1.165) is 202 Å². The van der Waals surface area contributed by atoms with Crippen LogP contribution in [-0.2, 0) is 157 Å². The van der Waals surface area contributed by atoms with Gasteiger partial charge in [0.2, 0.25) is 0 Å². The van der Waals surface area contributed by atoms with E-state index < -0.39 is 0 Å². The van der Waals surface area contributed by atoms with Crippen molar-refractivity contribution >= 4 is 59.7 Å². The fraction of sp³-hybridized carbons (Fsp3) is 0.910. The Bertz CT molecular complexity index is 3350. The van der Waals surface area contributed by atoms with Gasteiger partial charge in [0.05, 0.1) is 168 Å². The van der Waals surface area contributed by atoms with Gasteiger partial charge in [-0.2, -0.15) is 0 Å². The molecule has 11 aliphatic heterocycles. The average molecular weight is 2060 g/mol. The summed E-state index contributed by atoms with van der Waals surface area (Å²) in [7, 11) is 1.77. The van der Waals surface area contributed by atoms with E-state index in [4.69, 9.17) is 109 Å². The molecule has 0 saturated carbocycles. The third kappa shape index (κ3) is 63.4. The number of unbranched alkanes of at least 4 members (excludes halogenated alkanes) is 14. The Balaban J connectivity index is 0.000000794. The molecule has 0 unspecified atom stereocenters. The van der Waals surface area contributed by atoms with Crippen LogP contribution in [0.15, 0.2) is 0 Å². The Morgan fingerprint density at radius 3 is 0.639 bits per heavy atom. The molecular weight excluding hydrogens is 1860 g/mol. The summed E-state index contributed by atoms with van der Waals surface area (Å²) in [6.45, 7) is 65.9. The molecule has 33 nitrogen and oxygen atoms in total. The van der Waals surface area contributed by atoms with Crippen LogP contribution in [0.25, 0.3) is 0 Å². The highest BCUT2D eigenvalue weighted by Crippen LogP contribution is 2.37. The molecule has 0 aromatic heterocycles. The molecule has 0 spiro atoms. The number of rotatable bonds is 58. The minimum atomic E-state index is -0.215. The quantitative estimate of drug-likeness (QED) is 0.0310. The Morgan fingerprint density at radius 2 is 0.396 bits per heavy atom. The maximum absolute atomic E-state index is 11.4. The Labute approximate surface area is 867 Å². The van der Waals surface area contributed by atoms with Crippen LogP contribution >= 0.6 is 0 Å². The highest BCUT2D eigenvalue weighted by Gasteiger charge is 2.44. The normalized spacial score (nSPS) is 19.2. The van der Waals surface area contributed by atoms with Crippen molar-refractivity contribution in [3.63, 3.8) is 0 Å². The van der Waals surface area contributed by atoms with Crippen LogP contribution < -0.4 is 0 Å². The predicted molar refractivity (Wildman–Crippen MR) is 550 cm³/mol. The molecule has 11 aliphatic rings. The first kappa shape index (κ1) is 136. The summed E-state index contributed by atoms with van der Waals surface area (Å²) in [5, 5.41) is 0. The first-order valence-electron chi connectivity index (χ1n) is 54.5. The second-order valence-electron chi connectivity index (χ2n) is 43.9. The van der Waals surface area contributed by atoms with E-state index in [1.165, 1.54) is 84.5 Å². The molecular formula is C111H202O33. The van der Waals surface area contributed by atoms with Crippen molar-refractivity contribution in [2.24, 2.45) is 59.6 Å². The molecule has 844 valence electrons. The van der Waals surface area contributed by atoms with Crippen molar-refractivity contribution in [3.8, 4) is 0 Å². The molecule has 0 N–H and O–H groups in total. The monoisotopic (exact) mass is 2060 g/mol. The standard InChI is InChI=1S/C14H28O3.C13H24O3.C12H22O3.C11H20O3.2C10H18O3.2C9H16O3.2C8H14O3.C7H12O3/c1-3-14(12-17-13-14)11-16-10-8-6-4-5-7-9-15-2;1-3-4-5-6-7-8-12(14)16-11-13(2)9-15-10-13;1-3-4-5-6-7-11(13)15-10-12(2)8-14-9-12;1-3-4-5-6-10(12)14-9-11(2)7-13-8-11;1-3-4-5-9(11)13-8-10(2)6-12-7-10;1-3-5-9(11)13-8-10(4-2)6-12-7-10;1-3-4-8(10)12-7-9(2)5-11-6-9;1-3-8(10)12-7-9(4-2)5-11-6-9;1-3-7(9)11-6-8(2)4-10-5-8;1-3-8(4-10-5-8)6-11-7(2)9;1-6(8)10-5-7(2)3-9-4-7/h3-13H2,1-2H3;3-11H2,1-2H3;3-10H2,1-2H3;3-9H2,1-2H3;2*3-8H2,1-2H3;2*3-7H2,1-2H3;2*3-6H2,1-2H3;3-5H2,1-2H3. The van der Waals surface area contributed by atoms with Crippen LogP contribution in [0.2, 0.25) is 0 Å². The zero-order valence-corrected chi connectivity index (χ0v) is 94.1. The molecule has 11 fully saturated rings. The molecule has 11 saturated heterocycles. The lowest BCUT2D eigenvalue weighted by Crippen LogP contribution is -2.46. The number of ether oxygens (including phenoxy) is 23. The van der Waals surface area contributed by atoms with E-state index in [0.29, 0.717) is 176 Å². The lowest BCUT2D eigenvalue weighted by Gasteiger charge is -2.40. The summed E-state index contributed by atoms with van der Waals surface area (Å²) in [5.74, 6) is -1.08. The lowest BCUT2D eigenvalue weighted by molar-refractivity contribution is -0.170. The fourth-order valence-corrected chi connectivity index (χ4v) is 14.1.